The van der Waals surface area contributed by atoms with Crippen LogP contribution in [0.3, 0.4) is 0 Å². The van der Waals surface area contributed by atoms with E-state index in [-0.39, 0.29) is 35.3 Å². The van der Waals surface area contributed by atoms with Gasteiger partial charge in [0.2, 0.25) is 5.75 Å². The van der Waals surface area contributed by atoms with E-state index in [0.29, 0.717) is 0 Å². The summed E-state index contributed by atoms with van der Waals surface area (Å²) < 4.78 is 52.3. The number of benzene rings is 3. The third-order valence-electron chi connectivity index (χ3n) is 5.86. The van der Waals surface area contributed by atoms with Crippen LogP contribution in [0.15, 0.2) is 96.7 Å². The van der Waals surface area contributed by atoms with Crippen molar-refractivity contribution in [3.05, 3.63) is 124 Å². The second-order valence-electron chi connectivity index (χ2n) is 8.64. The standard InChI is InChI=1S/C28H23F3N2O6/c29-28(30,31)27-21(12-7-13-32(27)35)15-24(34)22-14-23(33(36)37)26(39-18-20-10-5-2-6-11-20)25(16-22)38-17-19-8-3-1-4-9-19/h1-14,16,27,35H,15,17-18H2. The number of halogens is 3. The van der Waals surface area contributed by atoms with Crippen LogP contribution in [-0.2, 0) is 13.2 Å². The van der Waals surface area contributed by atoms with Gasteiger partial charge in [0, 0.05) is 24.3 Å². The summed E-state index contributed by atoms with van der Waals surface area (Å²) in [5.74, 6) is -1.16. The van der Waals surface area contributed by atoms with E-state index in [4.69, 9.17) is 9.47 Å². The number of carbonyl (C=O) groups excluding carboxylic acids is 1. The SMILES string of the molecule is O=C(CC1=CC=CN(O)C1C(F)(F)F)c1cc(OCc2ccccc2)c(OCc2ccccc2)c([N+](=O)[O-])c1. The Morgan fingerprint density at radius 1 is 0.974 bits per heavy atom. The molecule has 0 aliphatic carbocycles. The quantitative estimate of drug-likeness (QED) is 0.180. The Kier molecular flexibility index (Phi) is 8.30. The van der Waals surface area contributed by atoms with Crippen LogP contribution in [0.1, 0.15) is 27.9 Å². The molecule has 1 heterocycles. The molecule has 1 unspecified atom stereocenters. The highest BCUT2D eigenvalue weighted by Crippen LogP contribution is 2.41. The summed E-state index contributed by atoms with van der Waals surface area (Å²) in [7, 11) is 0. The monoisotopic (exact) mass is 540 g/mol. The Balaban J connectivity index is 1.68. The second kappa shape index (κ2) is 11.8. The minimum atomic E-state index is -4.86. The number of hydrogen-bond donors (Lipinski definition) is 1. The number of ether oxygens (including phenoxy) is 2. The average Bonchev–Trinajstić information content (AvgIpc) is 2.91. The molecule has 3 aromatic carbocycles. The third kappa shape index (κ3) is 6.82. The summed E-state index contributed by atoms with van der Waals surface area (Å²) in [6, 6.07) is 17.5. The van der Waals surface area contributed by atoms with Gasteiger partial charge in [-0.2, -0.15) is 13.2 Å². The number of rotatable bonds is 10. The highest BCUT2D eigenvalue weighted by atomic mass is 19.4. The maximum absolute atomic E-state index is 13.6. The minimum Gasteiger partial charge on any atom is -0.485 e. The van der Waals surface area contributed by atoms with Gasteiger partial charge in [-0.15, -0.1) is 0 Å². The summed E-state index contributed by atoms with van der Waals surface area (Å²) >= 11 is 0. The predicted molar refractivity (Wildman–Crippen MR) is 134 cm³/mol. The maximum Gasteiger partial charge on any atom is 0.415 e. The molecule has 1 atom stereocenters. The predicted octanol–water partition coefficient (Wildman–Crippen LogP) is 6.40. The summed E-state index contributed by atoms with van der Waals surface area (Å²) in [6.45, 7) is -0.0433. The zero-order chi connectivity index (χ0) is 28.0. The van der Waals surface area contributed by atoms with Crippen molar-refractivity contribution >= 4 is 11.5 Å². The number of carbonyl (C=O) groups is 1. The molecule has 0 spiro atoms. The lowest BCUT2D eigenvalue weighted by atomic mass is 9.95. The van der Waals surface area contributed by atoms with Gasteiger partial charge in [0.15, 0.2) is 17.6 Å². The molecule has 11 heteroatoms. The Bertz CT molecular complexity index is 1390. The van der Waals surface area contributed by atoms with E-state index in [2.05, 4.69) is 0 Å². The normalized spacial score (nSPS) is 15.0. The van der Waals surface area contributed by atoms with Crippen LogP contribution in [0.4, 0.5) is 18.9 Å². The van der Waals surface area contributed by atoms with Crippen LogP contribution in [0.2, 0.25) is 0 Å². The van der Waals surface area contributed by atoms with Crippen LogP contribution in [0.5, 0.6) is 11.5 Å². The van der Waals surface area contributed by atoms with Gasteiger partial charge >= 0.3 is 11.9 Å². The van der Waals surface area contributed by atoms with Crippen molar-refractivity contribution in [2.75, 3.05) is 0 Å². The number of hydroxylamine groups is 2. The Labute approximate surface area is 221 Å². The van der Waals surface area contributed by atoms with E-state index >= 15 is 0 Å². The van der Waals surface area contributed by atoms with Gasteiger partial charge in [0.1, 0.15) is 13.2 Å². The van der Waals surface area contributed by atoms with Gasteiger partial charge in [-0.25, -0.2) is 5.06 Å². The first-order valence-electron chi connectivity index (χ1n) is 11.7. The summed E-state index contributed by atoms with van der Waals surface area (Å²) in [5.41, 5.74) is 0.230. The Morgan fingerprint density at radius 3 is 2.13 bits per heavy atom. The molecule has 4 rings (SSSR count). The largest absolute Gasteiger partial charge is 0.485 e. The van der Waals surface area contributed by atoms with Crippen LogP contribution >= 0.6 is 0 Å². The molecule has 0 bridgehead atoms. The topological polar surface area (TPSA) is 102 Å². The summed E-state index contributed by atoms with van der Waals surface area (Å²) in [4.78, 5) is 24.4. The minimum absolute atomic E-state index is 0.0110. The van der Waals surface area contributed by atoms with Gasteiger partial charge in [-0.3, -0.25) is 20.1 Å². The lowest BCUT2D eigenvalue weighted by Crippen LogP contribution is -2.44. The molecule has 0 aromatic heterocycles. The van der Waals surface area contributed by atoms with Crippen LogP contribution in [-0.4, -0.2) is 33.2 Å². The van der Waals surface area contributed by atoms with Crippen molar-refractivity contribution in [2.45, 2.75) is 31.9 Å². The number of nitro benzene ring substituents is 1. The van der Waals surface area contributed by atoms with E-state index in [1.165, 1.54) is 12.1 Å². The van der Waals surface area contributed by atoms with Gasteiger partial charge in [0.25, 0.3) is 0 Å². The molecule has 8 nitrogen and oxygen atoms in total. The number of hydrogen-bond acceptors (Lipinski definition) is 7. The molecule has 1 aliphatic rings. The number of Topliss-reactive ketones (excluding diaryl/α,β-unsaturated/α-hetero) is 1. The fraction of sp³-hybridized carbons (Fsp3) is 0.179. The number of nitro groups is 1. The number of alkyl halides is 3. The van der Waals surface area contributed by atoms with Gasteiger partial charge in [0.05, 0.1) is 4.92 Å². The fourth-order valence-corrected chi connectivity index (χ4v) is 4.01. The summed E-state index contributed by atoms with van der Waals surface area (Å²) in [6.07, 6.45) is -2.53. The van der Waals surface area contributed by atoms with E-state index < -0.39 is 40.6 Å². The van der Waals surface area contributed by atoms with Gasteiger partial charge in [-0.1, -0.05) is 66.7 Å². The molecule has 1 aliphatic heterocycles. The third-order valence-corrected chi connectivity index (χ3v) is 5.86. The first-order chi connectivity index (χ1) is 18.6. The van der Waals surface area contributed by atoms with Crippen molar-refractivity contribution in [3.63, 3.8) is 0 Å². The molecular weight excluding hydrogens is 517 g/mol. The van der Waals surface area contributed by atoms with Crippen molar-refractivity contribution < 1.29 is 37.6 Å². The van der Waals surface area contributed by atoms with Crippen LogP contribution in [0.25, 0.3) is 0 Å². The molecule has 0 amide bonds. The van der Waals surface area contributed by atoms with Crippen LogP contribution < -0.4 is 9.47 Å². The average molecular weight is 540 g/mol. The lowest BCUT2D eigenvalue weighted by molar-refractivity contribution is -0.386. The van der Waals surface area contributed by atoms with E-state index in [9.17, 15) is 33.3 Å². The van der Waals surface area contributed by atoms with Crippen molar-refractivity contribution in [1.29, 1.82) is 0 Å². The van der Waals surface area contributed by atoms with Gasteiger partial charge < -0.3 is 9.47 Å². The van der Waals surface area contributed by atoms with E-state index in [1.807, 2.05) is 0 Å². The van der Waals surface area contributed by atoms with Crippen LogP contribution in [0, 0.1) is 10.1 Å². The highest BCUT2D eigenvalue weighted by Gasteiger charge is 2.46. The summed E-state index contributed by atoms with van der Waals surface area (Å²) in [5, 5.41) is 21.7. The molecule has 0 saturated heterocycles. The van der Waals surface area contributed by atoms with Crippen molar-refractivity contribution in [3.8, 4) is 11.5 Å². The molecule has 202 valence electrons. The molecule has 1 N–H and O–H groups in total. The van der Waals surface area contributed by atoms with Crippen molar-refractivity contribution in [1.82, 2.24) is 5.06 Å². The number of allylic oxidation sites excluding steroid dienone is 2. The highest BCUT2D eigenvalue weighted by molar-refractivity contribution is 5.99. The smallest absolute Gasteiger partial charge is 0.415 e. The maximum atomic E-state index is 13.6. The molecular formula is C28H23F3N2O6. The lowest BCUT2D eigenvalue weighted by Gasteiger charge is -2.30. The molecule has 0 radical (unpaired) electrons. The number of nitrogens with zero attached hydrogens (tertiary/aromatic N) is 2. The van der Waals surface area contributed by atoms with E-state index in [0.717, 1.165) is 29.5 Å². The molecule has 3 aromatic rings. The zero-order valence-corrected chi connectivity index (χ0v) is 20.4. The van der Waals surface area contributed by atoms with Gasteiger partial charge in [-0.05, 0) is 28.8 Å². The fourth-order valence-electron chi connectivity index (χ4n) is 4.01. The number of ketones is 1. The molecule has 0 saturated carbocycles. The van der Waals surface area contributed by atoms with E-state index in [1.54, 1.807) is 60.7 Å². The second-order valence-corrected chi connectivity index (χ2v) is 8.64. The first-order valence-corrected chi connectivity index (χ1v) is 11.7. The first kappa shape index (κ1) is 27.4. The Hall–Kier alpha value is -4.64. The molecule has 0 fully saturated rings. The Morgan fingerprint density at radius 2 is 1.56 bits per heavy atom. The molecule has 39 heavy (non-hydrogen) atoms. The zero-order valence-electron chi connectivity index (χ0n) is 20.4. The van der Waals surface area contributed by atoms with Crippen molar-refractivity contribution in [2.24, 2.45) is 0 Å².